The maximum absolute atomic E-state index is 2.44. The van der Waals surface area contributed by atoms with Crippen molar-refractivity contribution in [3.05, 3.63) is 96.6 Å². The van der Waals surface area contributed by atoms with Gasteiger partial charge >= 0.3 is 0 Å². The molecule has 3 aromatic rings. The van der Waals surface area contributed by atoms with Crippen molar-refractivity contribution < 1.29 is 0 Å². The zero-order chi connectivity index (χ0) is 14.3. The third-order valence-corrected chi connectivity index (χ3v) is 4.57. The Kier molecular flexibility index (Phi) is 4.49. The van der Waals surface area contributed by atoms with Gasteiger partial charge in [0, 0.05) is 12.2 Å². The maximum Gasteiger partial charge on any atom is 0.222 e. The molecule has 0 heterocycles. The molecule has 0 aliphatic rings. The van der Waals surface area contributed by atoms with E-state index in [1.165, 1.54) is 16.4 Å². The van der Waals surface area contributed by atoms with Crippen LogP contribution >= 0.6 is 0 Å². The number of hydrogen-bond acceptors (Lipinski definition) is 1. The van der Waals surface area contributed by atoms with Gasteiger partial charge in [0.1, 0.15) is 0 Å². The molecule has 2 heteroatoms. The van der Waals surface area contributed by atoms with Crippen molar-refractivity contribution >= 4 is 20.6 Å². The molecule has 0 aromatic heterocycles. The fourth-order valence-corrected chi connectivity index (χ4v) is 3.43. The van der Waals surface area contributed by atoms with Gasteiger partial charge in [0.05, 0.1) is 0 Å². The van der Waals surface area contributed by atoms with Crippen LogP contribution in [0.4, 0.5) is 5.69 Å². The quantitative estimate of drug-likeness (QED) is 0.648. The lowest BCUT2D eigenvalue weighted by atomic mass is 10.2. The molecular formula is C19H17NSi. The molecule has 0 saturated carbocycles. The van der Waals surface area contributed by atoms with Crippen molar-refractivity contribution in [3.8, 4) is 0 Å². The Morgan fingerprint density at radius 1 is 0.619 bits per heavy atom. The summed E-state index contributed by atoms with van der Waals surface area (Å²) in [5.74, 6) is 0. The summed E-state index contributed by atoms with van der Waals surface area (Å²) in [4.78, 5) is 0. The molecule has 3 rings (SSSR count). The normalized spacial score (nSPS) is 10.3. The van der Waals surface area contributed by atoms with Crippen LogP contribution in [0.1, 0.15) is 5.56 Å². The minimum absolute atomic E-state index is 0.632. The molecule has 0 bridgehead atoms. The van der Waals surface area contributed by atoms with Crippen LogP contribution in [-0.2, 0) is 6.54 Å². The third kappa shape index (κ3) is 3.83. The highest BCUT2D eigenvalue weighted by Crippen LogP contribution is 2.15. The van der Waals surface area contributed by atoms with Gasteiger partial charge in [0.15, 0.2) is 0 Å². The summed E-state index contributed by atoms with van der Waals surface area (Å²) in [6, 6.07) is 31.9. The Bertz CT molecular complexity index is 611. The van der Waals surface area contributed by atoms with Gasteiger partial charge < -0.3 is 4.57 Å². The number of rotatable bonds is 5. The lowest BCUT2D eigenvalue weighted by molar-refractivity contribution is 1.04. The Hall–Kier alpha value is -2.32. The average molecular weight is 287 g/mol. The van der Waals surface area contributed by atoms with Gasteiger partial charge in [-0.25, -0.2) is 0 Å². The highest BCUT2D eigenvalue weighted by molar-refractivity contribution is 6.57. The van der Waals surface area contributed by atoms with E-state index >= 15 is 0 Å². The molecule has 0 N–H and O–H groups in total. The van der Waals surface area contributed by atoms with Crippen LogP contribution in [0, 0.1) is 0 Å². The lowest BCUT2D eigenvalue weighted by Gasteiger charge is -2.24. The van der Waals surface area contributed by atoms with Gasteiger partial charge in [-0.15, -0.1) is 0 Å². The molecule has 1 nitrogen and oxygen atoms in total. The first kappa shape index (κ1) is 13.7. The molecule has 2 radical (unpaired) electrons. The van der Waals surface area contributed by atoms with E-state index in [1.54, 1.807) is 0 Å². The third-order valence-electron chi connectivity index (χ3n) is 3.29. The van der Waals surface area contributed by atoms with E-state index in [1.807, 2.05) is 0 Å². The number of anilines is 1. The highest BCUT2D eigenvalue weighted by Gasteiger charge is 2.09. The summed E-state index contributed by atoms with van der Waals surface area (Å²) in [6.07, 6.45) is 0. The van der Waals surface area contributed by atoms with Gasteiger partial charge in [-0.3, -0.25) is 0 Å². The van der Waals surface area contributed by atoms with Crippen LogP contribution < -0.4 is 9.75 Å². The summed E-state index contributed by atoms with van der Waals surface area (Å²) in [5, 5.41) is 1.36. The first-order valence-electron chi connectivity index (χ1n) is 7.10. The summed E-state index contributed by atoms with van der Waals surface area (Å²) in [7, 11) is 0.632. The second kappa shape index (κ2) is 6.91. The molecule has 0 aliphatic heterocycles. The van der Waals surface area contributed by atoms with E-state index in [4.69, 9.17) is 0 Å². The van der Waals surface area contributed by atoms with Crippen LogP contribution in [0.5, 0.6) is 0 Å². The molecule has 102 valence electrons. The molecule has 0 amide bonds. The van der Waals surface area contributed by atoms with Crippen molar-refractivity contribution in [1.82, 2.24) is 0 Å². The zero-order valence-electron chi connectivity index (χ0n) is 11.8. The van der Waals surface area contributed by atoms with Crippen LogP contribution in [0.3, 0.4) is 0 Å². The second-order valence-electron chi connectivity index (χ2n) is 4.89. The predicted molar refractivity (Wildman–Crippen MR) is 90.9 cm³/mol. The Balaban J connectivity index is 1.84. The van der Waals surface area contributed by atoms with Gasteiger partial charge in [-0.1, -0.05) is 78.9 Å². The molecule has 0 saturated heterocycles. The Labute approximate surface area is 128 Å². The molecule has 0 fully saturated rings. The highest BCUT2D eigenvalue weighted by atomic mass is 28.2. The SMILES string of the molecule is c1ccc(CN([Si]c2ccccc2)c2ccccc2)cc1. The van der Waals surface area contributed by atoms with Crippen LogP contribution in [-0.4, -0.2) is 9.68 Å². The number of benzene rings is 3. The molecule has 0 spiro atoms. The van der Waals surface area contributed by atoms with Crippen molar-refractivity contribution in [3.63, 3.8) is 0 Å². The van der Waals surface area contributed by atoms with Gasteiger partial charge in [0.2, 0.25) is 9.68 Å². The standard InChI is InChI=1S/C19H17NSi/c1-4-10-17(11-5-1)16-20(18-12-6-2-7-13-18)21-19-14-8-3-9-15-19/h1-15H,16H2. The van der Waals surface area contributed by atoms with E-state index in [-0.39, 0.29) is 0 Å². The molecule has 0 atom stereocenters. The van der Waals surface area contributed by atoms with Gasteiger partial charge in [0.25, 0.3) is 0 Å². The molecule has 0 unspecified atom stereocenters. The number of nitrogens with zero attached hydrogens (tertiary/aromatic N) is 1. The largest absolute Gasteiger partial charge is 0.390 e. The molecular weight excluding hydrogens is 270 g/mol. The maximum atomic E-state index is 2.44. The van der Waals surface area contributed by atoms with E-state index in [0.717, 1.165) is 6.54 Å². The van der Waals surface area contributed by atoms with Crippen LogP contribution in [0.15, 0.2) is 91.0 Å². The predicted octanol–water partition coefficient (Wildman–Crippen LogP) is 3.64. The smallest absolute Gasteiger partial charge is 0.222 e. The Morgan fingerprint density at radius 2 is 1.14 bits per heavy atom. The fraction of sp³-hybridized carbons (Fsp3) is 0.0526. The monoisotopic (exact) mass is 287 g/mol. The van der Waals surface area contributed by atoms with Crippen molar-refractivity contribution in [2.24, 2.45) is 0 Å². The van der Waals surface area contributed by atoms with E-state index in [2.05, 4.69) is 95.6 Å². The second-order valence-corrected chi connectivity index (χ2v) is 6.23. The molecule has 21 heavy (non-hydrogen) atoms. The summed E-state index contributed by atoms with van der Waals surface area (Å²) >= 11 is 0. The minimum Gasteiger partial charge on any atom is -0.390 e. The molecule has 0 aliphatic carbocycles. The van der Waals surface area contributed by atoms with E-state index in [0.29, 0.717) is 9.68 Å². The van der Waals surface area contributed by atoms with Crippen LogP contribution in [0.2, 0.25) is 0 Å². The van der Waals surface area contributed by atoms with Crippen LogP contribution in [0.25, 0.3) is 0 Å². The van der Waals surface area contributed by atoms with E-state index in [9.17, 15) is 0 Å². The zero-order valence-corrected chi connectivity index (χ0v) is 12.8. The van der Waals surface area contributed by atoms with E-state index < -0.39 is 0 Å². The van der Waals surface area contributed by atoms with Gasteiger partial charge in [-0.2, -0.15) is 0 Å². The fourth-order valence-electron chi connectivity index (χ4n) is 2.24. The number of para-hydroxylation sites is 1. The average Bonchev–Trinajstić information content (AvgIpc) is 2.57. The van der Waals surface area contributed by atoms with Gasteiger partial charge in [-0.05, 0) is 22.9 Å². The topological polar surface area (TPSA) is 3.24 Å². The molecule has 3 aromatic carbocycles. The van der Waals surface area contributed by atoms with Crippen molar-refractivity contribution in [1.29, 1.82) is 0 Å². The number of hydrogen-bond donors (Lipinski definition) is 0. The minimum atomic E-state index is 0.632. The summed E-state index contributed by atoms with van der Waals surface area (Å²) < 4.78 is 2.44. The van der Waals surface area contributed by atoms with Crippen molar-refractivity contribution in [2.75, 3.05) is 4.57 Å². The Morgan fingerprint density at radius 3 is 1.76 bits per heavy atom. The first-order chi connectivity index (χ1) is 10.4. The summed E-state index contributed by atoms with van der Waals surface area (Å²) in [6.45, 7) is 0.929. The van der Waals surface area contributed by atoms with Crippen molar-refractivity contribution in [2.45, 2.75) is 6.54 Å². The lowest BCUT2D eigenvalue weighted by Crippen LogP contribution is -2.35. The first-order valence-corrected chi connectivity index (χ1v) is 8.05. The summed E-state index contributed by atoms with van der Waals surface area (Å²) in [5.41, 5.74) is 2.60.